The smallest absolute Gasteiger partial charge is 0.341 e. The number of nitro benzene ring substituents is 1. The first-order valence-corrected chi connectivity index (χ1v) is 7.81. The zero-order chi connectivity index (χ0) is 17.5. The van der Waals surface area contributed by atoms with Crippen LogP contribution >= 0.6 is 11.3 Å². The van der Waals surface area contributed by atoms with E-state index in [1.165, 1.54) is 35.6 Å². The van der Waals surface area contributed by atoms with Gasteiger partial charge in [-0.3, -0.25) is 14.9 Å². The van der Waals surface area contributed by atoms with Crippen LogP contribution in [0.3, 0.4) is 0 Å². The molecule has 0 saturated heterocycles. The highest BCUT2D eigenvalue weighted by atomic mass is 32.1. The monoisotopic (exact) mass is 350 g/mol. The maximum absolute atomic E-state index is 11.9. The minimum absolute atomic E-state index is 0.0653. The summed E-state index contributed by atoms with van der Waals surface area (Å²) in [5, 5.41) is 15.2. The molecule has 0 saturated carbocycles. The lowest BCUT2D eigenvalue weighted by atomic mass is 10.3. The number of hydrogen-bond donors (Lipinski definition) is 1. The zero-order valence-corrected chi connectivity index (χ0v) is 13.5. The molecule has 0 spiro atoms. The van der Waals surface area contributed by atoms with Gasteiger partial charge in [0.05, 0.1) is 17.1 Å². The Morgan fingerprint density at radius 3 is 2.58 bits per heavy atom. The lowest BCUT2D eigenvalue weighted by Gasteiger charge is -2.08. The fourth-order valence-corrected chi connectivity index (χ4v) is 2.54. The molecule has 0 fully saturated rings. The Bertz CT molecular complexity index is 741. The van der Waals surface area contributed by atoms with Crippen molar-refractivity contribution in [2.75, 3.05) is 18.5 Å². The molecular formula is C15H14N2O6S. The number of hydrogen-bond acceptors (Lipinski definition) is 7. The first kappa shape index (κ1) is 17.4. The van der Waals surface area contributed by atoms with Gasteiger partial charge in [-0.15, -0.1) is 11.3 Å². The van der Waals surface area contributed by atoms with Gasteiger partial charge in [0.25, 0.3) is 11.6 Å². The van der Waals surface area contributed by atoms with Crippen LogP contribution in [0.15, 0.2) is 35.7 Å². The summed E-state index contributed by atoms with van der Waals surface area (Å²) in [6.07, 6.45) is 0. The quantitative estimate of drug-likeness (QED) is 0.467. The number of nitro groups is 1. The van der Waals surface area contributed by atoms with Crippen molar-refractivity contribution in [1.29, 1.82) is 0 Å². The second kappa shape index (κ2) is 8.06. The standard InChI is InChI=1S/C15H14N2O6S/c1-2-22-15(19)12-7-8-24-14(12)16-13(18)9-23-11-5-3-10(4-6-11)17(20)21/h3-8H,2,9H2,1H3,(H,16,18). The summed E-state index contributed by atoms with van der Waals surface area (Å²) in [5.41, 5.74) is 0.218. The van der Waals surface area contributed by atoms with Crippen molar-refractivity contribution in [3.05, 3.63) is 51.4 Å². The third kappa shape index (κ3) is 4.53. The van der Waals surface area contributed by atoms with Crippen LogP contribution in [0.5, 0.6) is 5.75 Å². The van der Waals surface area contributed by atoms with Gasteiger partial charge in [-0.2, -0.15) is 0 Å². The van der Waals surface area contributed by atoms with E-state index in [-0.39, 0.29) is 24.5 Å². The third-order valence-electron chi connectivity index (χ3n) is 2.83. The number of rotatable bonds is 7. The van der Waals surface area contributed by atoms with Crippen LogP contribution in [-0.2, 0) is 9.53 Å². The second-order valence-corrected chi connectivity index (χ2v) is 5.39. The molecule has 0 bridgehead atoms. The number of nitrogens with zero attached hydrogens (tertiary/aromatic N) is 1. The summed E-state index contributed by atoms with van der Waals surface area (Å²) in [7, 11) is 0. The number of non-ortho nitro benzene ring substituents is 1. The Hall–Kier alpha value is -2.94. The third-order valence-corrected chi connectivity index (χ3v) is 3.66. The van der Waals surface area contributed by atoms with E-state index >= 15 is 0 Å². The number of carbonyl (C=O) groups excluding carboxylic acids is 2. The Labute approximate surface area is 141 Å². The molecule has 1 N–H and O–H groups in total. The maximum Gasteiger partial charge on any atom is 0.341 e. The SMILES string of the molecule is CCOC(=O)c1ccsc1NC(=O)COc1ccc([N+](=O)[O-])cc1. The molecule has 2 aromatic rings. The van der Waals surface area contributed by atoms with Crippen LogP contribution in [0.4, 0.5) is 10.7 Å². The van der Waals surface area contributed by atoms with Gasteiger partial charge in [0.1, 0.15) is 10.8 Å². The minimum Gasteiger partial charge on any atom is -0.484 e. The Morgan fingerprint density at radius 2 is 1.96 bits per heavy atom. The summed E-state index contributed by atoms with van der Waals surface area (Å²) in [4.78, 5) is 33.7. The second-order valence-electron chi connectivity index (χ2n) is 4.47. The number of esters is 1. The fraction of sp³-hybridized carbons (Fsp3) is 0.200. The maximum atomic E-state index is 11.9. The molecule has 1 aromatic heterocycles. The molecule has 0 aliphatic rings. The predicted molar refractivity (Wildman–Crippen MR) is 87.5 cm³/mol. The van der Waals surface area contributed by atoms with Crippen LogP contribution in [0.25, 0.3) is 0 Å². The molecule has 0 radical (unpaired) electrons. The number of thiophene rings is 1. The average molecular weight is 350 g/mol. The van der Waals surface area contributed by atoms with Crippen LogP contribution in [0, 0.1) is 10.1 Å². The number of carbonyl (C=O) groups is 2. The van der Waals surface area contributed by atoms with E-state index in [0.29, 0.717) is 10.8 Å². The molecule has 24 heavy (non-hydrogen) atoms. The summed E-state index contributed by atoms with van der Waals surface area (Å²) < 4.78 is 10.2. The first-order valence-electron chi connectivity index (χ1n) is 6.93. The van der Waals surface area contributed by atoms with Crippen molar-refractivity contribution in [2.24, 2.45) is 0 Å². The number of nitrogens with one attached hydrogen (secondary N) is 1. The molecule has 1 aromatic carbocycles. The van der Waals surface area contributed by atoms with Crippen LogP contribution in [0.1, 0.15) is 17.3 Å². The summed E-state index contributed by atoms with van der Waals surface area (Å²) in [6.45, 7) is 1.64. The van der Waals surface area contributed by atoms with Crippen LogP contribution in [0.2, 0.25) is 0 Å². The normalized spacial score (nSPS) is 10.0. The molecule has 9 heteroatoms. The molecular weight excluding hydrogens is 336 g/mol. The van der Waals surface area contributed by atoms with E-state index in [2.05, 4.69) is 5.32 Å². The molecule has 2 rings (SSSR count). The molecule has 126 valence electrons. The Balaban J connectivity index is 1.91. The highest BCUT2D eigenvalue weighted by Gasteiger charge is 2.16. The van der Waals surface area contributed by atoms with Gasteiger partial charge in [0.2, 0.25) is 0 Å². The van der Waals surface area contributed by atoms with E-state index in [4.69, 9.17) is 9.47 Å². The van der Waals surface area contributed by atoms with Crippen LogP contribution < -0.4 is 10.1 Å². The van der Waals surface area contributed by atoms with Crippen molar-refractivity contribution in [2.45, 2.75) is 6.92 Å². The lowest BCUT2D eigenvalue weighted by molar-refractivity contribution is -0.384. The number of amides is 1. The first-order chi connectivity index (χ1) is 11.5. The lowest BCUT2D eigenvalue weighted by Crippen LogP contribution is -2.21. The van der Waals surface area contributed by atoms with E-state index in [0.717, 1.165) is 0 Å². The summed E-state index contributed by atoms with van der Waals surface area (Å²) in [6, 6.07) is 6.94. The zero-order valence-electron chi connectivity index (χ0n) is 12.7. The van der Waals surface area contributed by atoms with E-state index < -0.39 is 16.8 Å². The molecule has 0 aliphatic heterocycles. The predicted octanol–water partition coefficient (Wildman–Crippen LogP) is 2.85. The summed E-state index contributed by atoms with van der Waals surface area (Å²) >= 11 is 1.20. The van der Waals surface area contributed by atoms with Gasteiger partial charge < -0.3 is 14.8 Å². The van der Waals surface area contributed by atoms with Gasteiger partial charge in [0, 0.05) is 12.1 Å². The van der Waals surface area contributed by atoms with Gasteiger partial charge in [-0.1, -0.05) is 0 Å². The van der Waals surface area contributed by atoms with Crippen molar-refractivity contribution < 1.29 is 24.0 Å². The molecule has 0 atom stereocenters. The topological polar surface area (TPSA) is 108 Å². The van der Waals surface area contributed by atoms with E-state index in [1.807, 2.05) is 0 Å². The van der Waals surface area contributed by atoms with Crippen molar-refractivity contribution in [3.63, 3.8) is 0 Å². The highest BCUT2D eigenvalue weighted by molar-refractivity contribution is 7.14. The number of benzene rings is 1. The van der Waals surface area contributed by atoms with E-state index in [9.17, 15) is 19.7 Å². The Morgan fingerprint density at radius 1 is 1.25 bits per heavy atom. The van der Waals surface area contributed by atoms with Gasteiger partial charge >= 0.3 is 5.97 Å². The molecule has 0 aliphatic carbocycles. The highest BCUT2D eigenvalue weighted by Crippen LogP contribution is 2.24. The van der Waals surface area contributed by atoms with Crippen molar-refractivity contribution in [3.8, 4) is 5.75 Å². The number of ether oxygens (including phenoxy) is 2. The van der Waals surface area contributed by atoms with Crippen molar-refractivity contribution in [1.82, 2.24) is 0 Å². The van der Waals surface area contributed by atoms with Gasteiger partial charge in [0.15, 0.2) is 6.61 Å². The molecule has 0 unspecified atom stereocenters. The fourth-order valence-electron chi connectivity index (χ4n) is 1.75. The summed E-state index contributed by atoms with van der Waals surface area (Å²) in [5.74, 6) is -0.640. The van der Waals surface area contributed by atoms with Crippen LogP contribution in [-0.4, -0.2) is 30.0 Å². The van der Waals surface area contributed by atoms with E-state index in [1.54, 1.807) is 18.4 Å². The average Bonchev–Trinajstić information content (AvgIpc) is 3.01. The van der Waals surface area contributed by atoms with Gasteiger partial charge in [-0.05, 0) is 30.5 Å². The largest absolute Gasteiger partial charge is 0.484 e. The molecule has 8 nitrogen and oxygen atoms in total. The van der Waals surface area contributed by atoms with Crippen molar-refractivity contribution >= 4 is 33.9 Å². The van der Waals surface area contributed by atoms with Gasteiger partial charge in [-0.25, -0.2) is 4.79 Å². The molecule has 1 heterocycles. The Kier molecular flexibility index (Phi) is 5.85. The number of anilines is 1. The molecule has 1 amide bonds. The minimum atomic E-state index is -0.524.